The van der Waals surface area contributed by atoms with Gasteiger partial charge in [0, 0.05) is 37.3 Å². The van der Waals surface area contributed by atoms with E-state index >= 15 is 0 Å². The maximum atomic E-state index is 13.8. The molecule has 12 nitrogen and oxygen atoms in total. The Bertz CT molecular complexity index is 1550. The number of nitrogens with zero attached hydrogens (tertiary/aromatic N) is 3. The number of benzene rings is 2. The number of carbonyl (C=O) groups is 5. The number of ether oxygens (including phenoxy) is 1. The molecule has 4 rings (SSSR count). The number of carboxylic acids is 2. The van der Waals surface area contributed by atoms with Crippen LogP contribution in [0.3, 0.4) is 0 Å². The molecule has 1 fully saturated rings. The molecule has 12 heteroatoms. The van der Waals surface area contributed by atoms with Gasteiger partial charge in [0.15, 0.2) is 0 Å². The Kier molecular flexibility index (Phi) is 8.81. The van der Waals surface area contributed by atoms with E-state index in [1.807, 2.05) is 26.8 Å². The van der Waals surface area contributed by atoms with Gasteiger partial charge in [-0.1, -0.05) is 26.8 Å². The predicted octanol–water partition coefficient (Wildman–Crippen LogP) is 2.60. The Hall–Kier alpha value is -5.18. The third kappa shape index (κ3) is 6.27. The first-order valence-electron chi connectivity index (χ1n) is 14.0. The fraction of sp³-hybridized carbons (Fsp3) is 0.375. The van der Waals surface area contributed by atoms with E-state index in [9.17, 15) is 34.2 Å². The van der Waals surface area contributed by atoms with Gasteiger partial charge < -0.3 is 30.1 Å². The summed E-state index contributed by atoms with van der Waals surface area (Å²) in [4.78, 5) is 66.5. The fourth-order valence-electron chi connectivity index (χ4n) is 5.34. The van der Waals surface area contributed by atoms with Gasteiger partial charge in [0.2, 0.25) is 17.7 Å². The minimum atomic E-state index is -2.41. The number of carbonyl (C=O) groups excluding carboxylic acids is 3. The smallest absolute Gasteiger partial charge is 0.360 e. The van der Waals surface area contributed by atoms with E-state index in [1.165, 1.54) is 28.0 Å². The number of carboxylic acid groups (broad SMARTS) is 2. The summed E-state index contributed by atoms with van der Waals surface area (Å²) in [5, 5.41) is 30.7. The molecule has 2 aliphatic heterocycles. The lowest BCUT2D eigenvalue weighted by molar-refractivity contribution is -0.170. The van der Waals surface area contributed by atoms with Crippen LogP contribution in [0.25, 0.3) is 6.08 Å². The van der Waals surface area contributed by atoms with Gasteiger partial charge in [-0.2, -0.15) is 5.26 Å². The van der Waals surface area contributed by atoms with Crippen molar-refractivity contribution in [2.45, 2.75) is 57.7 Å². The van der Waals surface area contributed by atoms with E-state index in [-0.39, 0.29) is 24.0 Å². The second-order valence-corrected chi connectivity index (χ2v) is 12.0. The van der Waals surface area contributed by atoms with Crippen molar-refractivity contribution in [3.05, 3.63) is 65.2 Å². The Labute approximate surface area is 254 Å². The van der Waals surface area contributed by atoms with Crippen LogP contribution in [-0.4, -0.2) is 76.1 Å². The number of likely N-dealkylation sites (tertiary alicyclic amines) is 1. The summed E-state index contributed by atoms with van der Waals surface area (Å²) in [6.45, 7) is 5.80. The van der Waals surface area contributed by atoms with Gasteiger partial charge in [-0.3, -0.25) is 14.4 Å². The van der Waals surface area contributed by atoms with Crippen LogP contribution in [0.5, 0.6) is 5.75 Å². The summed E-state index contributed by atoms with van der Waals surface area (Å²) >= 11 is 0. The van der Waals surface area contributed by atoms with Crippen LogP contribution in [0, 0.1) is 16.7 Å². The molecule has 2 aromatic carbocycles. The van der Waals surface area contributed by atoms with Crippen molar-refractivity contribution in [1.29, 1.82) is 5.26 Å². The summed E-state index contributed by atoms with van der Waals surface area (Å²) in [5.74, 6) is -4.30. The topological polar surface area (TPSA) is 177 Å². The average molecular weight is 603 g/mol. The zero-order valence-electron chi connectivity index (χ0n) is 24.9. The highest BCUT2D eigenvalue weighted by atomic mass is 16.6. The van der Waals surface area contributed by atoms with E-state index in [0.29, 0.717) is 41.8 Å². The molecule has 230 valence electrons. The van der Waals surface area contributed by atoms with Crippen LogP contribution in [0.2, 0.25) is 0 Å². The number of likely N-dealkylation sites (N-methyl/N-ethyl adjacent to an activating group) is 1. The van der Waals surface area contributed by atoms with Gasteiger partial charge in [-0.05, 0) is 66.3 Å². The molecule has 0 unspecified atom stereocenters. The zero-order chi connectivity index (χ0) is 32.4. The van der Waals surface area contributed by atoms with Crippen LogP contribution in [-0.2, 0) is 30.4 Å². The van der Waals surface area contributed by atoms with Crippen molar-refractivity contribution in [3.8, 4) is 11.8 Å². The fourth-order valence-corrected chi connectivity index (χ4v) is 5.34. The molecule has 3 N–H and O–H groups in total. The number of nitriles is 1. The molecule has 0 saturated carbocycles. The molecule has 1 saturated heterocycles. The first-order valence-corrected chi connectivity index (χ1v) is 14.0. The van der Waals surface area contributed by atoms with Crippen molar-refractivity contribution in [2.24, 2.45) is 5.41 Å². The van der Waals surface area contributed by atoms with E-state index < -0.39 is 40.9 Å². The SMILES string of the molecule is CN(C(=O)[C@@H]1CCCN1C(=O)[C@@H](NC(=O)C=Cc1ccc2c(c1)CC(C(=O)O)(C(=O)O)O2)C(C)(C)C)c1ccc(C#N)cc1. The molecule has 2 aliphatic rings. The van der Waals surface area contributed by atoms with E-state index in [2.05, 4.69) is 5.32 Å². The summed E-state index contributed by atoms with van der Waals surface area (Å²) in [6.07, 6.45) is 3.42. The van der Waals surface area contributed by atoms with E-state index in [4.69, 9.17) is 10.00 Å². The number of hydrogen-bond acceptors (Lipinski definition) is 7. The molecular weight excluding hydrogens is 568 g/mol. The molecule has 2 atom stereocenters. The lowest BCUT2D eigenvalue weighted by Crippen LogP contribution is -2.57. The lowest BCUT2D eigenvalue weighted by atomic mass is 9.85. The molecule has 0 bridgehead atoms. The van der Waals surface area contributed by atoms with Crippen molar-refractivity contribution in [2.75, 3.05) is 18.5 Å². The van der Waals surface area contributed by atoms with Crippen molar-refractivity contribution < 1.29 is 38.9 Å². The van der Waals surface area contributed by atoms with Crippen molar-refractivity contribution in [3.63, 3.8) is 0 Å². The quantitative estimate of drug-likeness (QED) is 0.303. The standard InChI is InChI=1S/C32H34N4O8/c1-31(2,3)26(28(39)36-15-5-6-23(36)27(38)35(4)22-11-7-20(18-33)8-12-22)34-25(37)14-10-19-9-13-24-21(16-19)17-32(44-24,29(40)41)30(42)43/h7-14,16,23,26H,5-6,15,17H2,1-4H3,(H,34,37)(H,40,41)(H,42,43)/t23-,26+/m0/s1. The Balaban J connectivity index is 1.46. The Morgan fingerprint density at radius 3 is 2.36 bits per heavy atom. The maximum absolute atomic E-state index is 13.8. The van der Waals surface area contributed by atoms with Gasteiger partial charge in [-0.25, -0.2) is 9.59 Å². The third-order valence-corrected chi connectivity index (χ3v) is 7.86. The predicted molar refractivity (Wildman–Crippen MR) is 158 cm³/mol. The number of rotatable bonds is 8. The molecule has 0 aromatic heterocycles. The van der Waals surface area contributed by atoms with Crippen molar-refractivity contribution >= 4 is 41.4 Å². The van der Waals surface area contributed by atoms with Crippen LogP contribution < -0.4 is 15.0 Å². The van der Waals surface area contributed by atoms with Gasteiger partial charge in [0.05, 0.1) is 11.6 Å². The second kappa shape index (κ2) is 12.2. The average Bonchev–Trinajstić information content (AvgIpc) is 3.63. The number of aliphatic carboxylic acids is 2. The molecule has 0 aliphatic carbocycles. The number of amides is 3. The number of hydrogen-bond donors (Lipinski definition) is 3. The third-order valence-electron chi connectivity index (χ3n) is 7.86. The first kappa shape index (κ1) is 31.7. The highest BCUT2D eigenvalue weighted by molar-refractivity contribution is 6.04. The van der Waals surface area contributed by atoms with Crippen LogP contribution in [0.1, 0.15) is 50.3 Å². The van der Waals surface area contributed by atoms with Crippen LogP contribution in [0.15, 0.2) is 48.5 Å². The van der Waals surface area contributed by atoms with Crippen LogP contribution in [0.4, 0.5) is 5.69 Å². The molecule has 2 heterocycles. The van der Waals surface area contributed by atoms with Crippen molar-refractivity contribution in [1.82, 2.24) is 10.2 Å². The minimum Gasteiger partial charge on any atom is -0.478 e. The largest absolute Gasteiger partial charge is 0.478 e. The molecular formula is C32H34N4O8. The summed E-state index contributed by atoms with van der Waals surface area (Å²) < 4.78 is 5.25. The lowest BCUT2D eigenvalue weighted by Gasteiger charge is -2.36. The summed E-state index contributed by atoms with van der Waals surface area (Å²) in [5.41, 5.74) is -1.17. The summed E-state index contributed by atoms with van der Waals surface area (Å²) in [7, 11) is 1.62. The highest BCUT2D eigenvalue weighted by Crippen LogP contribution is 2.36. The number of anilines is 1. The highest BCUT2D eigenvalue weighted by Gasteiger charge is 2.54. The van der Waals surface area contributed by atoms with E-state index in [0.717, 1.165) is 0 Å². The van der Waals surface area contributed by atoms with E-state index in [1.54, 1.807) is 43.4 Å². The Morgan fingerprint density at radius 2 is 1.77 bits per heavy atom. The number of nitrogens with one attached hydrogen (secondary N) is 1. The molecule has 2 aromatic rings. The molecule has 3 amide bonds. The normalized spacial score (nSPS) is 17.7. The summed E-state index contributed by atoms with van der Waals surface area (Å²) in [6, 6.07) is 11.5. The monoisotopic (exact) mass is 602 g/mol. The minimum absolute atomic E-state index is 0.134. The second-order valence-electron chi connectivity index (χ2n) is 12.0. The molecule has 0 spiro atoms. The number of fused-ring (bicyclic) bond motifs is 1. The Morgan fingerprint density at radius 1 is 1.11 bits per heavy atom. The van der Waals surface area contributed by atoms with Gasteiger partial charge in [0.25, 0.3) is 0 Å². The zero-order valence-corrected chi connectivity index (χ0v) is 24.9. The van der Waals surface area contributed by atoms with Gasteiger partial charge >= 0.3 is 17.5 Å². The first-order chi connectivity index (χ1) is 20.7. The molecule has 0 radical (unpaired) electrons. The van der Waals surface area contributed by atoms with Gasteiger partial charge in [-0.15, -0.1) is 0 Å². The maximum Gasteiger partial charge on any atom is 0.360 e. The van der Waals surface area contributed by atoms with Gasteiger partial charge in [0.1, 0.15) is 17.8 Å². The molecule has 44 heavy (non-hydrogen) atoms. The van der Waals surface area contributed by atoms with Crippen LogP contribution >= 0.6 is 0 Å².